The molecule has 8 heteroatoms. The Hall–Kier alpha value is -3.42. The number of amides is 2. The van der Waals surface area contributed by atoms with Crippen LogP contribution in [0.4, 0.5) is 11.4 Å². The molecular formula is C18H19N3O5. The zero-order chi connectivity index (χ0) is 19.1. The lowest BCUT2D eigenvalue weighted by atomic mass is 10.2. The first-order valence-corrected chi connectivity index (χ1v) is 8.01. The van der Waals surface area contributed by atoms with E-state index in [2.05, 4.69) is 10.6 Å². The summed E-state index contributed by atoms with van der Waals surface area (Å²) in [4.78, 5) is 34.4. The van der Waals surface area contributed by atoms with Gasteiger partial charge in [-0.2, -0.15) is 0 Å². The topological polar surface area (TPSA) is 111 Å². The van der Waals surface area contributed by atoms with Gasteiger partial charge in [-0.05, 0) is 44.2 Å². The fourth-order valence-electron chi connectivity index (χ4n) is 2.16. The molecule has 136 valence electrons. The first kappa shape index (κ1) is 18.9. The van der Waals surface area contributed by atoms with Gasteiger partial charge in [0.2, 0.25) is 0 Å². The normalized spacial score (nSPS) is 11.3. The molecule has 26 heavy (non-hydrogen) atoms. The van der Waals surface area contributed by atoms with Crippen molar-refractivity contribution in [2.24, 2.45) is 0 Å². The number of nitrogens with one attached hydrogen (secondary N) is 2. The molecule has 0 saturated heterocycles. The number of nitrogens with zero attached hydrogens (tertiary/aromatic N) is 1. The molecule has 2 aromatic rings. The van der Waals surface area contributed by atoms with E-state index in [0.29, 0.717) is 17.8 Å². The Bertz CT molecular complexity index is 805. The number of carbonyl (C=O) groups is 2. The van der Waals surface area contributed by atoms with Crippen molar-refractivity contribution in [1.29, 1.82) is 0 Å². The van der Waals surface area contributed by atoms with Crippen molar-refractivity contribution in [3.63, 3.8) is 0 Å². The van der Waals surface area contributed by atoms with Gasteiger partial charge >= 0.3 is 5.69 Å². The second-order valence-electron chi connectivity index (χ2n) is 5.41. The first-order valence-electron chi connectivity index (χ1n) is 8.01. The lowest BCUT2D eigenvalue weighted by Crippen LogP contribution is -2.30. The second kappa shape index (κ2) is 8.61. The monoisotopic (exact) mass is 357 g/mol. The number of nitro benzene ring substituents is 1. The average molecular weight is 357 g/mol. The highest BCUT2D eigenvalue weighted by molar-refractivity contribution is 5.96. The van der Waals surface area contributed by atoms with Gasteiger partial charge in [0, 0.05) is 23.9 Å². The van der Waals surface area contributed by atoms with E-state index in [1.165, 1.54) is 25.1 Å². The summed E-state index contributed by atoms with van der Waals surface area (Å²) < 4.78 is 5.42. The van der Waals surface area contributed by atoms with Crippen LogP contribution in [0.5, 0.6) is 5.75 Å². The lowest BCUT2D eigenvalue weighted by molar-refractivity contribution is -0.386. The summed E-state index contributed by atoms with van der Waals surface area (Å²) in [6, 6.07) is 12.2. The van der Waals surface area contributed by atoms with Crippen LogP contribution in [0.15, 0.2) is 48.5 Å². The molecule has 0 aliphatic heterocycles. The maximum atomic E-state index is 12.2. The number of para-hydroxylation sites is 2. The third-order valence-electron chi connectivity index (χ3n) is 3.49. The Kier molecular flexibility index (Phi) is 6.26. The van der Waals surface area contributed by atoms with E-state index in [-0.39, 0.29) is 17.3 Å². The van der Waals surface area contributed by atoms with Crippen LogP contribution in [-0.4, -0.2) is 29.4 Å². The number of hydrogen-bond donors (Lipinski definition) is 2. The van der Waals surface area contributed by atoms with Crippen LogP contribution < -0.4 is 15.4 Å². The molecule has 1 atom stereocenters. The van der Waals surface area contributed by atoms with Crippen LogP contribution >= 0.6 is 0 Å². The number of benzene rings is 2. The van der Waals surface area contributed by atoms with Crippen molar-refractivity contribution in [1.82, 2.24) is 5.32 Å². The third-order valence-corrected chi connectivity index (χ3v) is 3.49. The second-order valence-corrected chi connectivity index (χ2v) is 5.41. The van der Waals surface area contributed by atoms with E-state index in [1.807, 2.05) is 6.92 Å². The Balaban J connectivity index is 2.01. The van der Waals surface area contributed by atoms with Gasteiger partial charge in [0.15, 0.2) is 11.9 Å². The molecule has 2 rings (SSSR count). The van der Waals surface area contributed by atoms with E-state index in [4.69, 9.17) is 4.74 Å². The fraction of sp³-hybridized carbons (Fsp3) is 0.222. The van der Waals surface area contributed by atoms with E-state index in [0.717, 1.165) is 0 Å². The van der Waals surface area contributed by atoms with Gasteiger partial charge in [0.05, 0.1) is 4.92 Å². The molecule has 0 spiro atoms. The van der Waals surface area contributed by atoms with Gasteiger partial charge in [-0.3, -0.25) is 19.7 Å². The van der Waals surface area contributed by atoms with Crippen molar-refractivity contribution in [2.45, 2.75) is 20.0 Å². The Morgan fingerprint density at radius 1 is 1.15 bits per heavy atom. The number of carbonyl (C=O) groups excluding carboxylic acids is 2. The number of hydrogen-bond acceptors (Lipinski definition) is 5. The predicted octanol–water partition coefficient (Wildman–Crippen LogP) is 2.75. The SMILES string of the molecule is CCNC(=O)c1ccc(NC(=O)C(C)Oc2ccccc2[N+](=O)[O-])cc1. The molecular weight excluding hydrogens is 338 g/mol. The van der Waals surface area contributed by atoms with Crippen LogP contribution in [0.25, 0.3) is 0 Å². The predicted molar refractivity (Wildman–Crippen MR) is 96.3 cm³/mol. The quantitative estimate of drug-likeness (QED) is 0.585. The van der Waals surface area contributed by atoms with Crippen LogP contribution in [-0.2, 0) is 4.79 Å². The maximum Gasteiger partial charge on any atom is 0.310 e. The summed E-state index contributed by atoms with van der Waals surface area (Å²) in [5, 5.41) is 16.3. The van der Waals surface area contributed by atoms with Crippen molar-refractivity contribution >= 4 is 23.2 Å². The number of ether oxygens (including phenoxy) is 1. The van der Waals surface area contributed by atoms with Crippen LogP contribution in [0.2, 0.25) is 0 Å². The van der Waals surface area contributed by atoms with Crippen LogP contribution in [0.3, 0.4) is 0 Å². The fourth-order valence-corrected chi connectivity index (χ4v) is 2.16. The maximum absolute atomic E-state index is 12.2. The minimum Gasteiger partial charge on any atom is -0.474 e. The van der Waals surface area contributed by atoms with Gasteiger partial charge in [0.25, 0.3) is 11.8 Å². The highest BCUT2D eigenvalue weighted by Gasteiger charge is 2.20. The van der Waals surface area contributed by atoms with E-state index in [1.54, 1.807) is 30.3 Å². The molecule has 0 aliphatic carbocycles. The summed E-state index contributed by atoms with van der Waals surface area (Å²) in [5.41, 5.74) is 0.758. The molecule has 2 N–H and O–H groups in total. The molecule has 0 saturated carbocycles. The molecule has 0 fully saturated rings. The molecule has 2 aromatic carbocycles. The molecule has 0 aromatic heterocycles. The van der Waals surface area contributed by atoms with Gasteiger partial charge in [-0.25, -0.2) is 0 Å². The zero-order valence-electron chi connectivity index (χ0n) is 14.4. The molecule has 1 unspecified atom stereocenters. The van der Waals surface area contributed by atoms with Crippen molar-refractivity contribution in [3.05, 3.63) is 64.2 Å². The average Bonchev–Trinajstić information content (AvgIpc) is 2.62. The van der Waals surface area contributed by atoms with Crippen molar-refractivity contribution in [2.75, 3.05) is 11.9 Å². The molecule has 8 nitrogen and oxygen atoms in total. The van der Waals surface area contributed by atoms with E-state index in [9.17, 15) is 19.7 Å². The largest absolute Gasteiger partial charge is 0.474 e. The minimum absolute atomic E-state index is 0.0201. The summed E-state index contributed by atoms with van der Waals surface area (Å²) in [6.07, 6.45) is -0.945. The highest BCUT2D eigenvalue weighted by Crippen LogP contribution is 2.27. The van der Waals surface area contributed by atoms with Gasteiger partial charge < -0.3 is 15.4 Å². The summed E-state index contributed by atoms with van der Waals surface area (Å²) in [5.74, 6) is -0.640. The Morgan fingerprint density at radius 2 is 1.81 bits per heavy atom. The Morgan fingerprint density at radius 3 is 2.42 bits per heavy atom. The summed E-state index contributed by atoms with van der Waals surface area (Å²) in [7, 11) is 0. The molecule has 0 heterocycles. The van der Waals surface area contributed by atoms with Crippen molar-refractivity contribution < 1.29 is 19.2 Å². The van der Waals surface area contributed by atoms with E-state index < -0.39 is 16.9 Å². The highest BCUT2D eigenvalue weighted by atomic mass is 16.6. The van der Waals surface area contributed by atoms with Gasteiger partial charge in [-0.15, -0.1) is 0 Å². The van der Waals surface area contributed by atoms with Crippen LogP contribution in [0, 0.1) is 10.1 Å². The lowest BCUT2D eigenvalue weighted by Gasteiger charge is -2.15. The minimum atomic E-state index is -0.945. The van der Waals surface area contributed by atoms with E-state index >= 15 is 0 Å². The number of rotatable bonds is 7. The molecule has 0 bridgehead atoms. The summed E-state index contributed by atoms with van der Waals surface area (Å²) >= 11 is 0. The number of nitro groups is 1. The molecule has 0 radical (unpaired) electrons. The molecule has 2 amide bonds. The molecule has 0 aliphatic rings. The zero-order valence-corrected chi connectivity index (χ0v) is 14.4. The number of anilines is 1. The first-order chi connectivity index (χ1) is 12.4. The Labute approximate surface area is 150 Å². The summed E-state index contributed by atoms with van der Waals surface area (Å²) in [6.45, 7) is 3.85. The van der Waals surface area contributed by atoms with Crippen molar-refractivity contribution in [3.8, 4) is 5.75 Å². The smallest absolute Gasteiger partial charge is 0.310 e. The van der Waals surface area contributed by atoms with Gasteiger partial charge in [-0.1, -0.05) is 12.1 Å². The standard InChI is InChI=1S/C18H19N3O5/c1-3-19-18(23)13-8-10-14(11-9-13)20-17(22)12(2)26-16-7-5-4-6-15(16)21(24)25/h4-12H,3H2,1-2H3,(H,19,23)(H,20,22). The van der Waals surface area contributed by atoms with Gasteiger partial charge in [0.1, 0.15) is 0 Å². The van der Waals surface area contributed by atoms with Crippen LogP contribution in [0.1, 0.15) is 24.2 Å². The third kappa shape index (κ3) is 4.79.